The third-order valence-corrected chi connectivity index (χ3v) is 12.9. The number of aromatic amines is 1. The smallest absolute Gasteiger partial charge is 0.330 e. The fraction of sp³-hybridized carbons (Fsp3) is 0.448. The number of morpholine rings is 1. The molecule has 2 aliphatic heterocycles. The maximum Gasteiger partial charge on any atom is 0.330 e. The van der Waals surface area contributed by atoms with Crippen LogP contribution in [0.4, 0.5) is 0 Å². The van der Waals surface area contributed by atoms with E-state index in [9.17, 15) is 14.7 Å². The number of benzene rings is 2. The largest absolute Gasteiger partial charge is 0.404 e. The monoisotopic (exact) mass is 567 g/mol. The van der Waals surface area contributed by atoms with Crippen molar-refractivity contribution in [1.29, 1.82) is 0 Å². The van der Waals surface area contributed by atoms with Crippen molar-refractivity contribution in [1.82, 2.24) is 14.6 Å². The number of fused-ring (bicyclic) bond motifs is 2. The van der Waals surface area contributed by atoms with Gasteiger partial charge in [-0.25, -0.2) is 4.79 Å². The lowest BCUT2D eigenvalue weighted by Gasteiger charge is -2.45. The molecular weight excluding hydrogens is 530 g/mol. The van der Waals surface area contributed by atoms with E-state index in [-0.39, 0.29) is 24.8 Å². The van der Waals surface area contributed by atoms with Gasteiger partial charge in [-0.3, -0.25) is 19.2 Å². The Morgan fingerprint density at radius 2 is 1.65 bits per heavy atom. The van der Waals surface area contributed by atoms with Crippen LogP contribution in [0.1, 0.15) is 27.0 Å². The van der Waals surface area contributed by atoms with E-state index < -0.39 is 43.5 Å². The number of nitrogens with zero attached hydrogens (tertiary/aromatic N) is 2. The molecular formula is C29H37N3O7Si. The number of hydroxylamine groups is 2. The second-order valence-electron chi connectivity index (χ2n) is 11.4. The summed E-state index contributed by atoms with van der Waals surface area (Å²) in [5.41, 5.74) is -2.33. The van der Waals surface area contributed by atoms with Gasteiger partial charge in [0.15, 0.2) is 6.23 Å². The molecule has 5 rings (SSSR count). The maximum absolute atomic E-state index is 12.7. The molecule has 0 unspecified atom stereocenters. The normalized spacial score (nSPS) is 25.0. The van der Waals surface area contributed by atoms with E-state index in [0.717, 1.165) is 10.4 Å². The molecule has 4 atom stereocenters. The molecule has 11 heteroatoms. The number of rotatable bonds is 10. The van der Waals surface area contributed by atoms with Gasteiger partial charge in [0.25, 0.3) is 13.9 Å². The minimum Gasteiger partial charge on any atom is -0.404 e. The van der Waals surface area contributed by atoms with E-state index in [1.807, 2.05) is 36.4 Å². The van der Waals surface area contributed by atoms with Crippen LogP contribution in [0.3, 0.4) is 0 Å². The minimum atomic E-state index is -2.95. The zero-order valence-corrected chi connectivity index (χ0v) is 24.3. The first-order valence-corrected chi connectivity index (χ1v) is 15.3. The van der Waals surface area contributed by atoms with Gasteiger partial charge in [0.1, 0.15) is 17.7 Å². The van der Waals surface area contributed by atoms with Crippen LogP contribution in [0.15, 0.2) is 82.5 Å². The fourth-order valence-electron chi connectivity index (χ4n) is 6.02. The van der Waals surface area contributed by atoms with E-state index in [1.165, 1.54) is 16.8 Å². The second-order valence-corrected chi connectivity index (χ2v) is 15.7. The van der Waals surface area contributed by atoms with Crippen LogP contribution < -0.4 is 21.6 Å². The van der Waals surface area contributed by atoms with Gasteiger partial charge in [-0.05, 0) is 15.4 Å². The average Bonchev–Trinajstić information content (AvgIpc) is 3.35. The topological polar surface area (TPSA) is 115 Å². The molecule has 214 valence electrons. The lowest BCUT2D eigenvalue weighted by Crippen LogP contribution is -2.68. The highest BCUT2D eigenvalue weighted by Crippen LogP contribution is 2.47. The van der Waals surface area contributed by atoms with Crippen LogP contribution in [-0.2, 0) is 18.7 Å². The number of nitrogens with one attached hydrogen (secondary N) is 1. The molecule has 0 radical (unpaired) electrons. The van der Waals surface area contributed by atoms with Gasteiger partial charge in [0.05, 0.1) is 26.4 Å². The number of hydrogen-bond acceptors (Lipinski definition) is 8. The van der Waals surface area contributed by atoms with Crippen LogP contribution in [0.25, 0.3) is 0 Å². The molecule has 2 N–H and O–H groups in total. The van der Waals surface area contributed by atoms with Crippen LogP contribution in [0.2, 0.25) is 5.04 Å². The summed E-state index contributed by atoms with van der Waals surface area (Å²) in [5.74, 6) is 0. The Bertz CT molecular complexity index is 1370. The third kappa shape index (κ3) is 4.92. The SMILES string of the molecule is COCCON1C[C@]2(CO[Si](c3ccccc3)(c3ccccc3)C(C)(C)C)O[C@@H](n3ccc(=O)[nH]c3=O)[C@H]1[C@@H]2O. The molecule has 2 saturated heterocycles. The minimum absolute atomic E-state index is 0.0662. The summed E-state index contributed by atoms with van der Waals surface area (Å²) in [5, 5.41) is 15.3. The zero-order valence-electron chi connectivity index (χ0n) is 23.3. The summed E-state index contributed by atoms with van der Waals surface area (Å²) in [6, 6.07) is 21.0. The summed E-state index contributed by atoms with van der Waals surface area (Å²) < 4.78 is 20.1. The molecule has 10 nitrogen and oxygen atoms in total. The standard InChI is InChI=1S/C29H37N3O7Si/c1-28(2,3)40(21-11-7-5-8-12-21,22-13-9-6-10-14-22)38-20-29-19-32(37-18-17-36-4)24(25(29)34)26(39-29)31-16-15-23(33)30-27(31)35/h5-16,24-26,34H,17-20H2,1-4H3,(H,30,33,35)/t24-,25+,26-,29-/m1/s1. The third-order valence-electron chi connectivity index (χ3n) is 7.89. The van der Waals surface area contributed by atoms with Crippen molar-refractivity contribution in [3.8, 4) is 0 Å². The average molecular weight is 568 g/mol. The summed E-state index contributed by atoms with van der Waals surface area (Å²) in [6.45, 7) is 7.47. The number of aliphatic hydroxyl groups excluding tert-OH is 1. The Balaban J connectivity index is 1.55. The van der Waals surface area contributed by atoms with Gasteiger partial charge < -0.3 is 19.0 Å². The van der Waals surface area contributed by atoms with Crippen LogP contribution >= 0.6 is 0 Å². The number of hydrogen-bond donors (Lipinski definition) is 2. The molecule has 0 aliphatic carbocycles. The van der Waals surface area contributed by atoms with Crippen molar-refractivity contribution in [2.75, 3.05) is 33.5 Å². The van der Waals surface area contributed by atoms with E-state index >= 15 is 0 Å². The van der Waals surface area contributed by atoms with Gasteiger partial charge in [-0.1, -0.05) is 81.4 Å². The highest BCUT2D eigenvalue weighted by Gasteiger charge is 2.66. The van der Waals surface area contributed by atoms with Gasteiger partial charge >= 0.3 is 5.69 Å². The highest BCUT2D eigenvalue weighted by atomic mass is 28.4. The Kier molecular flexibility index (Phi) is 7.99. The zero-order chi connectivity index (χ0) is 28.5. The van der Waals surface area contributed by atoms with Crippen molar-refractivity contribution in [2.24, 2.45) is 0 Å². The summed E-state index contributed by atoms with van der Waals surface area (Å²) >= 11 is 0. The number of aliphatic hydroxyl groups is 1. The molecule has 2 aliphatic rings. The van der Waals surface area contributed by atoms with Gasteiger partial charge in [0, 0.05) is 19.4 Å². The van der Waals surface area contributed by atoms with Gasteiger partial charge in [-0.2, -0.15) is 5.06 Å². The summed E-state index contributed by atoms with van der Waals surface area (Å²) in [6.07, 6.45) is -0.556. The second kappa shape index (κ2) is 11.2. The van der Waals surface area contributed by atoms with Crippen LogP contribution in [0.5, 0.6) is 0 Å². The fourth-order valence-corrected chi connectivity index (χ4v) is 10.6. The first-order chi connectivity index (χ1) is 19.1. The van der Waals surface area contributed by atoms with Crippen molar-refractivity contribution < 1.29 is 23.8 Å². The summed E-state index contributed by atoms with van der Waals surface area (Å²) in [4.78, 5) is 32.7. The van der Waals surface area contributed by atoms with Crippen LogP contribution in [-0.4, -0.2) is 79.3 Å². The van der Waals surface area contributed by atoms with Gasteiger partial charge in [-0.15, -0.1) is 0 Å². The predicted octanol–water partition coefficient (Wildman–Crippen LogP) is 1.00. The Morgan fingerprint density at radius 1 is 1.02 bits per heavy atom. The maximum atomic E-state index is 12.7. The quantitative estimate of drug-likeness (QED) is 0.276. The van der Waals surface area contributed by atoms with E-state index in [0.29, 0.717) is 6.61 Å². The Morgan fingerprint density at radius 3 is 2.20 bits per heavy atom. The van der Waals surface area contributed by atoms with E-state index in [1.54, 1.807) is 12.2 Å². The molecule has 0 amide bonds. The lowest BCUT2D eigenvalue weighted by atomic mass is 10.0. The van der Waals surface area contributed by atoms with Gasteiger partial charge in [0.2, 0.25) is 0 Å². The molecule has 40 heavy (non-hydrogen) atoms. The molecule has 0 spiro atoms. The number of ether oxygens (including phenoxy) is 2. The first-order valence-electron chi connectivity index (χ1n) is 13.4. The summed E-state index contributed by atoms with van der Waals surface area (Å²) in [7, 11) is -1.37. The van der Waals surface area contributed by atoms with E-state index in [4.69, 9.17) is 18.7 Å². The molecule has 1 aromatic heterocycles. The Labute approximate surface area is 234 Å². The van der Waals surface area contributed by atoms with Crippen molar-refractivity contribution in [3.05, 3.63) is 93.8 Å². The lowest BCUT2D eigenvalue weighted by molar-refractivity contribution is -0.255. The first kappa shape index (κ1) is 28.6. The number of H-pyrrole nitrogens is 1. The molecule has 2 fully saturated rings. The van der Waals surface area contributed by atoms with Crippen molar-refractivity contribution in [3.63, 3.8) is 0 Å². The molecule has 2 bridgehead atoms. The Hall–Kier alpha value is -2.90. The molecule has 3 aromatic rings. The highest BCUT2D eigenvalue weighted by molar-refractivity contribution is 6.99. The van der Waals surface area contributed by atoms with Crippen LogP contribution in [0, 0.1) is 0 Å². The van der Waals surface area contributed by atoms with Crippen molar-refractivity contribution >= 4 is 18.7 Å². The van der Waals surface area contributed by atoms with Crippen molar-refractivity contribution in [2.45, 2.75) is 49.8 Å². The van der Waals surface area contributed by atoms with E-state index in [2.05, 4.69) is 50.0 Å². The molecule has 2 aromatic carbocycles. The predicted molar refractivity (Wildman–Crippen MR) is 152 cm³/mol. The number of aromatic nitrogens is 2. The number of methoxy groups -OCH3 is 1. The molecule has 3 heterocycles. The molecule has 0 saturated carbocycles.